The summed E-state index contributed by atoms with van der Waals surface area (Å²) in [4.78, 5) is 2.37. The lowest BCUT2D eigenvalue weighted by atomic mass is 10.2. The van der Waals surface area contributed by atoms with Crippen LogP contribution in [-0.2, 0) is 10.0 Å². The summed E-state index contributed by atoms with van der Waals surface area (Å²) in [7, 11) is -3.55. The van der Waals surface area contributed by atoms with Crippen LogP contribution in [0.2, 0.25) is 0 Å². The fourth-order valence-electron chi connectivity index (χ4n) is 3.02. The van der Waals surface area contributed by atoms with Gasteiger partial charge in [0.15, 0.2) is 0 Å². The van der Waals surface area contributed by atoms with E-state index in [4.69, 9.17) is 10.00 Å². The molecule has 3 rings (SSSR count). The maximum Gasteiger partial charge on any atom is 0.243 e. The lowest BCUT2D eigenvalue weighted by molar-refractivity contribution is 0.337. The van der Waals surface area contributed by atoms with E-state index in [9.17, 15) is 8.42 Å². The molecule has 0 atom stereocenters. The number of nitrogens with zero attached hydrogens (tertiary/aromatic N) is 3. The molecule has 0 N–H and O–H groups in total. The molecule has 0 radical (unpaired) electrons. The van der Waals surface area contributed by atoms with Gasteiger partial charge in [0.1, 0.15) is 5.75 Å². The summed E-state index contributed by atoms with van der Waals surface area (Å²) in [6.45, 7) is 4.54. The van der Waals surface area contributed by atoms with E-state index in [1.807, 2.05) is 37.3 Å². The smallest absolute Gasteiger partial charge is 0.243 e. The van der Waals surface area contributed by atoms with E-state index in [0.717, 1.165) is 11.4 Å². The van der Waals surface area contributed by atoms with Crippen LogP contribution < -0.4 is 9.64 Å². The van der Waals surface area contributed by atoms with Gasteiger partial charge in [0.2, 0.25) is 10.0 Å². The quantitative estimate of drug-likeness (QED) is 0.807. The number of sulfonamides is 1. The van der Waals surface area contributed by atoms with Crippen LogP contribution in [0.15, 0.2) is 53.4 Å². The number of ether oxygens (including phenoxy) is 1. The SMILES string of the molecule is CCOc1ccccc1N1CCN(S(=O)(=O)c2ccc(C#N)cc2)CC1. The Kier molecular flexibility index (Phi) is 5.45. The van der Waals surface area contributed by atoms with Gasteiger partial charge >= 0.3 is 0 Å². The van der Waals surface area contributed by atoms with Gasteiger partial charge in [-0.3, -0.25) is 0 Å². The first-order chi connectivity index (χ1) is 12.6. The molecule has 6 nitrogen and oxygen atoms in total. The fraction of sp³-hybridized carbons (Fsp3) is 0.316. The summed E-state index contributed by atoms with van der Waals surface area (Å²) in [5.74, 6) is 0.818. The van der Waals surface area contributed by atoms with Crippen LogP contribution in [0.4, 0.5) is 5.69 Å². The molecular formula is C19H21N3O3S. The molecule has 0 saturated carbocycles. The zero-order valence-corrected chi connectivity index (χ0v) is 15.4. The Balaban J connectivity index is 1.73. The van der Waals surface area contributed by atoms with Gasteiger partial charge in [-0.1, -0.05) is 12.1 Å². The minimum absolute atomic E-state index is 0.222. The van der Waals surface area contributed by atoms with Crippen molar-refractivity contribution < 1.29 is 13.2 Å². The second kappa shape index (κ2) is 7.77. The van der Waals surface area contributed by atoms with Crippen LogP contribution in [0.3, 0.4) is 0 Å². The molecule has 2 aromatic rings. The molecule has 0 spiro atoms. The summed E-state index contributed by atoms with van der Waals surface area (Å²) in [5, 5.41) is 8.85. The maximum atomic E-state index is 12.8. The molecular weight excluding hydrogens is 350 g/mol. The fourth-order valence-corrected chi connectivity index (χ4v) is 4.44. The molecule has 136 valence electrons. The molecule has 0 aliphatic carbocycles. The molecule has 0 amide bonds. The monoisotopic (exact) mass is 371 g/mol. The number of benzene rings is 2. The zero-order chi connectivity index (χ0) is 18.6. The van der Waals surface area contributed by atoms with Crippen molar-refractivity contribution in [3.63, 3.8) is 0 Å². The van der Waals surface area contributed by atoms with Gasteiger partial charge in [0.25, 0.3) is 0 Å². The van der Waals surface area contributed by atoms with Crippen molar-refractivity contribution in [1.82, 2.24) is 4.31 Å². The number of nitriles is 1. The van der Waals surface area contributed by atoms with Crippen molar-refractivity contribution in [2.75, 3.05) is 37.7 Å². The Morgan fingerprint density at radius 3 is 2.31 bits per heavy atom. The first kappa shape index (κ1) is 18.2. The van der Waals surface area contributed by atoms with Crippen LogP contribution >= 0.6 is 0 Å². The number of piperazine rings is 1. The van der Waals surface area contributed by atoms with E-state index >= 15 is 0 Å². The third-order valence-electron chi connectivity index (χ3n) is 4.37. The van der Waals surface area contributed by atoms with E-state index in [0.29, 0.717) is 38.3 Å². The van der Waals surface area contributed by atoms with Crippen LogP contribution in [0.1, 0.15) is 12.5 Å². The number of hydrogen-bond donors (Lipinski definition) is 0. The average molecular weight is 371 g/mol. The average Bonchev–Trinajstić information content (AvgIpc) is 2.69. The first-order valence-electron chi connectivity index (χ1n) is 8.53. The van der Waals surface area contributed by atoms with Gasteiger partial charge in [-0.2, -0.15) is 9.57 Å². The summed E-state index contributed by atoms with van der Waals surface area (Å²) in [5.41, 5.74) is 1.44. The van der Waals surface area contributed by atoms with E-state index in [1.165, 1.54) is 28.6 Å². The largest absolute Gasteiger partial charge is 0.492 e. The summed E-state index contributed by atoms with van der Waals surface area (Å²) < 4.78 is 32.8. The van der Waals surface area contributed by atoms with Crippen molar-refractivity contribution in [3.05, 3.63) is 54.1 Å². The van der Waals surface area contributed by atoms with Crippen molar-refractivity contribution in [2.24, 2.45) is 0 Å². The highest BCUT2D eigenvalue weighted by atomic mass is 32.2. The highest BCUT2D eigenvalue weighted by molar-refractivity contribution is 7.89. The molecule has 1 fully saturated rings. The molecule has 1 aliphatic heterocycles. The maximum absolute atomic E-state index is 12.8. The van der Waals surface area contributed by atoms with Gasteiger partial charge in [0, 0.05) is 26.2 Å². The molecule has 1 saturated heterocycles. The van der Waals surface area contributed by atoms with Gasteiger partial charge in [-0.05, 0) is 43.3 Å². The summed E-state index contributed by atoms with van der Waals surface area (Å²) >= 11 is 0. The van der Waals surface area contributed by atoms with E-state index in [-0.39, 0.29) is 4.90 Å². The molecule has 7 heteroatoms. The van der Waals surface area contributed by atoms with Crippen LogP contribution in [0.5, 0.6) is 5.75 Å². The summed E-state index contributed by atoms with van der Waals surface area (Å²) in [6, 6.07) is 15.8. The highest BCUT2D eigenvalue weighted by Gasteiger charge is 2.29. The number of para-hydroxylation sites is 2. The highest BCUT2D eigenvalue weighted by Crippen LogP contribution is 2.29. The predicted octanol–water partition coefficient (Wildman–Crippen LogP) is 2.47. The number of rotatable bonds is 5. The van der Waals surface area contributed by atoms with Crippen LogP contribution in [0.25, 0.3) is 0 Å². The minimum Gasteiger partial charge on any atom is -0.492 e. The van der Waals surface area contributed by atoms with Crippen molar-refractivity contribution in [2.45, 2.75) is 11.8 Å². The third-order valence-corrected chi connectivity index (χ3v) is 6.28. The van der Waals surface area contributed by atoms with Gasteiger partial charge < -0.3 is 9.64 Å². The zero-order valence-electron chi connectivity index (χ0n) is 14.6. The van der Waals surface area contributed by atoms with E-state index in [1.54, 1.807) is 0 Å². The molecule has 0 bridgehead atoms. The second-order valence-electron chi connectivity index (χ2n) is 5.93. The van der Waals surface area contributed by atoms with Gasteiger partial charge in [0.05, 0.1) is 28.8 Å². The third kappa shape index (κ3) is 3.66. The topological polar surface area (TPSA) is 73.6 Å². The Hall–Kier alpha value is -2.56. The molecule has 1 heterocycles. The Morgan fingerprint density at radius 2 is 1.69 bits per heavy atom. The normalized spacial score (nSPS) is 15.5. The van der Waals surface area contributed by atoms with Gasteiger partial charge in [-0.25, -0.2) is 8.42 Å². The van der Waals surface area contributed by atoms with Gasteiger partial charge in [-0.15, -0.1) is 0 Å². The lowest BCUT2D eigenvalue weighted by Crippen LogP contribution is -2.48. The Morgan fingerprint density at radius 1 is 1.04 bits per heavy atom. The molecule has 26 heavy (non-hydrogen) atoms. The molecule has 1 aliphatic rings. The molecule has 0 aromatic heterocycles. The number of hydrogen-bond acceptors (Lipinski definition) is 5. The molecule has 0 unspecified atom stereocenters. The molecule has 2 aromatic carbocycles. The Labute approximate surface area is 154 Å². The lowest BCUT2D eigenvalue weighted by Gasteiger charge is -2.36. The minimum atomic E-state index is -3.55. The number of anilines is 1. The first-order valence-corrected chi connectivity index (χ1v) is 9.97. The van der Waals surface area contributed by atoms with E-state index in [2.05, 4.69) is 4.90 Å². The summed E-state index contributed by atoms with van der Waals surface area (Å²) in [6.07, 6.45) is 0. The van der Waals surface area contributed by atoms with Crippen molar-refractivity contribution in [3.8, 4) is 11.8 Å². The van der Waals surface area contributed by atoms with Crippen LogP contribution in [0, 0.1) is 11.3 Å². The van der Waals surface area contributed by atoms with Crippen molar-refractivity contribution >= 4 is 15.7 Å². The van der Waals surface area contributed by atoms with E-state index < -0.39 is 10.0 Å². The second-order valence-corrected chi connectivity index (χ2v) is 7.87. The predicted molar refractivity (Wildman–Crippen MR) is 99.7 cm³/mol. The standard InChI is InChI=1S/C19H21N3O3S/c1-2-25-19-6-4-3-5-18(19)21-11-13-22(14-12-21)26(23,24)17-9-7-16(15-20)8-10-17/h3-10H,2,11-14H2,1H3. The van der Waals surface area contributed by atoms with Crippen molar-refractivity contribution in [1.29, 1.82) is 5.26 Å². The Bertz CT molecular complexity index is 896. The van der Waals surface area contributed by atoms with Crippen LogP contribution in [-0.4, -0.2) is 45.5 Å².